The SMILES string of the molecule is CCC(C)(C(N)c1cnc2ccccc2c1)N1CCCC1. The third-order valence-electron chi connectivity index (χ3n) is 5.19. The predicted molar refractivity (Wildman–Crippen MR) is 88.2 cm³/mol. The molecule has 3 heteroatoms. The lowest BCUT2D eigenvalue weighted by molar-refractivity contribution is 0.0999. The van der Waals surface area contributed by atoms with Crippen molar-refractivity contribution >= 4 is 10.9 Å². The van der Waals surface area contributed by atoms with Gasteiger partial charge in [0.2, 0.25) is 0 Å². The van der Waals surface area contributed by atoms with Crippen molar-refractivity contribution in [3.05, 3.63) is 42.1 Å². The van der Waals surface area contributed by atoms with E-state index in [0.29, 0.717) is 0 Å². The van der Waals surface area contributed by atoms with Crippen molar-refractivity contribution < 1.29 is 0 Å². The molecule has 0 radical (unpaired) electrons. The molecule has 0 saturated carbocycles. The summed E-state index contributed by atoms with van der Waals surface area (Å²) in [4.78, 5) is 7.14. The number of benzene rings is 1. The third-order valence-corrected chi connectivity index (χ3v) is 5.19. The van der Waals surface area contributed by atoms with Crippen molar-refractivity contribution in [3.63, 3.8) is 0 Å². The zero-order chi connectivity index (χ0) is 14.9. The van der Waals surface area contributed by atoms with Crippen LogP contribution >= 0.6 is 0 Å². The van der Waals surface area contributed by atoms with E-state index in [2.05, 4.69) is 41.9 Å². The summed E-state index contributed by atoms with van der Waals surface area (Å²) in [5, 5.41) is 1.17. The molecule has 2 atom stereocenters. The van der Waals surface area contributed by atoms with Crippen LogP contribution in [-0.4, -0.2) is 28.5 Å². The van der Waals surface area contributed by atoms with E-state index in [0.717, 1.165) is 17.5 Å². The lowest BCUT2D eigenvalue weighted by atomic mass is 9.84. The van der Waals surface area contributed by atoms with E-state index < -0.39 is 0 Å². The van der Waals surface area contributed by atoms with Crippen LogP contribution < -0.4 is 5.73 Å². The van der Waals surface area contributed by atoms with Crippen LogP contribution in [0.1, 0.15) is 44.7 Å². The summed E-state index contributed by atoms with van der Waals surface area (Å²) in [5.74, 6) is 0. The lowest BCUT2D eigenvalue weighted by Crippen LogP contribution is -2.51. The summed E-state index contributed by atoms with van der Waals surface area (Å²) >= 11 is 0. The van der Waals surface area contributed by atoms with Crippen LogP contribution in [0.4, 0.5) is 0 Å². The van der Waals surface area contributed by atoms with Gasteiger partial charge in [-0.15, -0.1) is 0 Å². The molecule has 2 aromatic rings. The first-order valence-electron chi connectivity index (χ1n) is 8.00. The number of fused-ring (bicyclic) bond motifs is 1. The Morgan fingerprint density at radius 1 is 1.29 bits per heavy atom. The summed E-state index contributed by atoms with van der Waals surface area (Å²) in [5.41, 5.74) is 8.87. The maximum Gasteiger partial charge on any atom is 0.0702 e. The van der Waals surface area contributed by atoms with E-state index >= 15 is 0 Å². The number of para-hydroxylation sites is 1. The fraction of sp³-hybridized carbons (Fsp3) is 0.500. The van der Waals surface area contributed by atoms with E-state index in [1.807, 2.05) is 18.3 Å². The molecule has 112 valence electrons. The van der Waals surface area contributed by atoms with Crippen molar-refractivity contribution in [2.75, 3.05) is 13.1 Å². The fourth-order valence-electron chi connectivity index (χ4n) is 3.49. The van der Waals surface area contributed by atoms with Crippen LogP contribution in [0.5, 0.6) is 0 Å². The first-order valence-corrected chi connectivity index (χ1v) is 8.00. The summed E-state index contributed by atoms with van der Waals surface area (Å²) in [6.45, 7) is 6.88. The largest absolute Gasteiger partial charge is 0.322 e. The molecule has 1 aliphatic heterocycles. The molecule has 0 amide bonds. The van der Waals surface area contributed by atoms with Gasteiger partial charge in [-0.05, 0) is 57.0 Å². The second kappa shape index (κ2) is 5.74. The highest BCUT2D eigenvalue weighted by Gasteiger charge is 2.38. The average molecular weight is 283 g/mol. The van der Waals surface area contributed by atoms with E-state index in [4.69, 9.17) is 5.73 Å². The Morgan fingerprint density at radius 2 is 2.00 bits per heavy atom. The van der Waals surface area contributed by atoms with E-state index in [1.54, 1.807) is 0 Å². The second-order valence-electron chi connectivity index (χ2n) is 6.34. The van der Waals surface area contributed by atoms with Crippen LogP contribution in [0, 0.1) is 0 Å². The Bertz CT molecular complexity index is 619. The van der Waals surface area contributed by atoms with Crippen LogP contribution in [0.2, 0.25) is 0 Å². The van der Waals surface area contributed by atoms with Crippen molar-refractivity contribution in [1.29, 1.82) is 0 Å². The van der Waals surface area contributed by atoms with Crippen LogP contribution in [0.3, 0.4) is 0 Å². The number of hydrogen-bond donors (Lipinski definition) is 1. The minimum atomic E-state index is -0.00212. The van der Waals surface area contributed by atoms with E-state index in [-0.39, 0.29) is 11.6 Å². The topological polar surface area (TPSA) is 42.1 Å². The molecule has 2 unspecified atom stereocenters. The van der Waals surface area contributed by atoms with Gasteiger partial charge in [0.05, 0.1) is 5.52 Å². The molecule has 0 spiro atoms. The predicted octanol–water partition coefficient (Wildman–Crippen LogP) is 3.50. The Hall–Kier alpha value is -1.45. The highest BCUT2D eigenvalue weighted by molar-refractivity contribution is 5.78. The van der Waals surface area contributed by atoms with Gasteiger partial charge in [-0.25, -0.2) is 0 Å². The smallest absolute Gasteiger partial charge is 0.0702 e. The molecule has 3 rings (SSSR count). The first kappa shape index (κ1) is 14.5. The van der Waals surface area contributed by atoms with Crippen molar-refractivity contribution in [2.24, 2.45) is 5.73 Å². The maximum absolute atomic E-state index is 6.67. The summed E-state index contributed by atoms with van der Waals surface area (Å²) in [6, 6.07) is 10.4. The quantitative estimate of drug-likeness (QED) is 0.934. The van der Waals surface area contributed by atoms with Crippen LogP contribution in [0.25, 0.3) is 10.9 Å². The number of rotatable bonds is 4. The number of nitrogens with two attached hydrogens (primary N) is 1. The molecular formula is C18H25N3. The Morgan fingerprint density at radius 3 is 2.71 bits per heavy atom. The highest BCUT2D eigenvalue weighted by atomic mass is 15.2. The van der Waals surface area contributed by atoms with Gasteiger partial charge in [0.15, 0.2) is 0 Å². The molecule has 2 heterocycles. The van der Waals surface area contributed by atoms with Crippen molar-refractivity contribution in [1.82, 2.24) is 9.88 Å². The minimum absolute atomic E-state index is 0.00212. The maximum atomic E-state index is 6.67. The minimum Gasteiger partial charge on any atom is -0.322 e. The van der Waals surface area contributed by atoms with Gasteiger partial charge in [-0.2, -0.15) is 0 Å². The highest BCUT2D eigenvalue weighted by Crippen LogP contribution is 2.35. The van der Waals surface area contributed by atoms with Gasteiger partial charge in [0.25, 0.3) is 0 Å². The summed E-state index contributed by atoms with van der Waals surface area (Å²) < 4.78 is 0. The Labute approximate surface area is 127 Å². The van der Waals surface area contributed by atoms with Gasteiger partial charge >= 0.3 is 0 Å². The molecule has 1 saturated heterocycles. The molecule has 0 aliphatic carbocycles. The fourth-order valence-corrected chi connectivity index (χ4v) is 3.49. The Kier molecular flexibility index (Phi) is 3.96. The normalized spacial score (nSPS) is 20.5. The molecule has 1 fully saturated rings. The zero-order valence-corrected chi connectivity index (χ0v) is 13.0. The third kappa shape index (κ3) is 2.56. The molecule has 3 nitrogen and oxygen atoms in total. The van der Waals surface area contributed by atoms with Crippen LogP contribution in [0.15, 0.2) is 36.5 Å². The average Bonchev–Trinajstić information content (AvgIpc) is 3.08. The van der Waals surface area contributed by atoms with Crippen molar-refractivity contribution in [2.45, 2.75) is 44.7 Å². The van der Waals surface area contributed by atoms with Crippen molar-refractivity contribution in [3.8, 4) is 0 Å². The summed E-state index contributed by atoms with van der Waals surface area (Å²) in [7, 11) is 0. The van der Waals surface area contributed by atoms with Gasteiger partial charge in [-0.3, -0.25) is 9.88 Å². The number of aromatic nitrogens is 1. The van der Waals surface area contributed by atoms with Gasteiger partial charge in [0.1, 0.15) is 0 Å². The molecular weight excluding hydrogens is 258 g/mol. The van der Waals surface area contributed by atoms with E-state index in [9.17, 15) is 0 Å². The summed E-state index contributed by atoms with van der Waals surface area (Å²) in [6.07, 6.45) is 5.59. The molecule has 1 aliphatic rings. The second-order valence-corrected chi connectivity index (χ2v) is 6.34. The molecule has 1 aromatic heterocycles. The molecule has 21 heavy (non-hydrogen) atoms. The van der Waals surface area contributed by atoms with Gasteiger partial charge < -0.3 is 5.73 Å². The standard InChI is InChI=1S/C18H25N3/c1-3-18(2,21-10-6-7-11-21)17(19)15-12-14-8-4-5-9-16(14)20-13-15/h4-5,8-9,12-13,17H,3,6-7,10-11,19H2,1-2H3. The van der Waals surface area contributed by atoms with Gasteiger partial charge in [-0.1, -0.05) is 25.1 Å². The molecule has 1 aromatic carbocycles. The molecule has 0 bridgehead atoms. The lowest BCUT2D eigenvalue weighted by Gasteiger charge is -2.43. The number of likely N-dealkylation sites (tertiary alicyclic amines) is 1. The number of hydrogen-bond acceptors (Lipinski definition) is 3. The van der Waals surface area contributed by atoms with Gasteiger partial charge in [0, 0.05) is 23.2 Å². The number of pyridine rings is 1. The zero-order valence-electron chi connectivity index (χ0n) is 13.0. The molecule has 2 N–H and O–H groups in total. The Balaban J connectivity index is 1.95. The van der Waals surface area contributed by atoms with Crippen LogP contribution in [-0.2, 0) is 0 Å². The first-order chi connectivity index (χ1) is 10.1. The monoisotopic (exact) mass is 283 g/mol. The van der Waals surface area contributed by atoms with E-state index in [1.165, 1.54) is 31.3 Å². The number of nitrogens with zero attached hydrogens (tertiary/aromatic N) is 2.